The number of hydrogen-bond acceptors (Lipinski definition) is 7. The van der Waals surface area contributed by atoms with E-state index in [4.69, 9.17) is 25.6 Å². The summed E-state index contributed by atoms with van der Waals surface area (Å²) in [7, 11) is 0. The molecule has 4 N–H and O–H groups in total. The van der Waals surface area contributed by atoms with E-state index < -0.39 is 12.2 Å². The third-order valence-electron chi connectivity index (χ3n) is 4.49. The molecule has 0 fully saturated rings. The van der Waals surface area contributed by atoms with Gasteiger partial charge in [0.05, 0.1) is 12.4 Å². The Morgan fingerprint density at radius 2 is 2.29 bits per heavy atom. The average molecular weight is 502 g/mol. The molecule has 0 aromatic heterocycles. The SMILES string of the molecule is C=NC(N)C1N=C(CC2=C(\I)COCO\C(C)=C\2)N(CCCNC(C)C)C1=N. The van der Waals surface area contributed by atoms with Gasteiger partial charge >= 0.3 is 0 Å². The van der Waals surface area contributed by atoms with Crippen molar-refractivity contribution in [3.63, 3.8) is 0 Å². The fourth-order valence-corrected chi connectivity index (χ4v) is 3.55. The molecule has 0 bridgehead atoms. The maximum atomic E-state index is 8.57. The summed E-state index contributed by atoms with van der Waals surface area (Å²) in [5.74, 6) is 2.01. The number of amidine groups is 2. The van der Waals surface area contributed by atoms with Crippen LogP contribution >= 0.6 is 22.6 Å². The molecule has 0 aromatic carbocycles. The third kappa shape index (κ3) is 6.36. The monoisotopic (exact) mass is 502 g/mol. The summed E-state index contributed by atoms with van der Waals surface area (Å²) in [5.41, 5.74) is 7.11. The van der Waals surface area contributed by atoms with Gasteiger partial charge in [0.2, 0.25) is 0 Å². The average Bonchev–Trinajstić information content (AvgIpc) is 2.95. The van der Waals surface area contributed by atoms with Gasteiger partial charge in [0.1, 0.15) is 23.9 Å². The van der Waals surface area contributed by atoms with Crippen LogP contribution in [0.25, 0.3) is 0 Å². The lowest BCUT2D eigenvalue weighted by atomic mass is 10.1. The van der Waals surface area contributed by atoms with Crippen LogP contribution < -0.4 is 11.1 Å². The molecule has 2 rings (SSSR count). The van der Waals surface area contributed by atoms with Gasteiger partial charge in [-0.25, -0.2) is 0 Å². The van der Waals surface area contributed by atoms with Gasteiger partial charge in [0.25, 0.3) is 0 Å². The van der Waals surface area contributed by atoms with Gasteiger partial charge in [0, 0.05) is 22.6 Å². The number of aliphatic imine (C=N–C) groups is 2. The maximum absolute atomic E-state index is 8.57. The fraction of sp³-hybridized carbons (Fsp3) is 0.632. The minimum absolute atomic E-state index is 0.255. The zero-order valence-corrected chi connectivity index (χ0v) is 19.0. The molecule has 2 aliphatic heterocycles. The third-order valence-corrected chi connectivity index (χ3v) is 5.49. The van der Waals surface area contributed by atoms with Crippen LogP contribution in [0.3, 0.4) is 0 Å². The molecule has 2 aliphatic rings. The lowest BCUT2D eigenvalue weighted by molar-refractivity contribution is -0.0123. The maximum Gasteiger partial charge on any atom is 0.188 e. The molecule has 0 radical (unpaired) electrons. The van der Waals surface area contributed by atoms with E-state index in [1.807, 2.05) is 17.9 Å². The number of nitrogens with zero attached hydrogens (tertiary/aromatic N) is 3. The molecule has 0 aliphatic carbocycles. The normalized spacial score (nSPS) is 26.3. The Bertz CT molecular complexity index is 673. The van der Waals surface area contributed by atoms with Crippen molar-refractivity contribution in [1.29, 1.82) is 5.41 Å². The van der Waals surface area contributed by atoms with Crippen molar-refractivity contribution in [1.82, 2.24) is 10.2 Å². The second-order valence-electron chi connectivity index (χ2n) is 7.14. The minimum Gasteiger partial charge on any atom is -0.472 e. The molecule has 2 atom stereocenters. The van der Waals surface area contributed by atoms with Gasteiger partial charge in [-0.15, -0.1) is 0 Å². The van der Waals surface area contributed by atoms with Gasteiger partial charge in [-0.3, -0.25) is 15.4 Å². The molecule has 0 amide bonds. The Balaban J connectivity index is 2.19. The predicted molar refractivity (Wildman–Crippen MR) is 122 cm³/mol. The first-order chi connectivity index (χ1) is 13.3. The highest BCUT2D eigenvalue weighted by Gasteiger charge is 2.34. The van der Waals surface area contributed by atoms with Gasteiger partial charge in [-0.2, -0.15) is 0 Å². The van der Waals surface area contributed by atoms with E-state index in [0.29, 0.717) is 31.4 Å². The highest BCUT2D eigenvalue weighted by molar-refractivity contribution is 14.1. The molecule has 0 saturated carbocycles. The van der Waals surface area contributed by atoms with Gasteiger partial charge < -0.3 is 25.4 Å². The van der Waals surface area contributed by atoms with Gasteiger partial charge in [-0.05, 0) is 60.8 Å². The molecular weight excluding hydrogens is 471 g/mol. The lowest BCUT2D eigenvalue weighted by Gasteiger charge is -2.24. The Kier molecular flexibility index (Phi) is 9.06. The number of rotatable bonds is 9. The van der Waals surface area contributed by atoms with Crippen molar-refractivity contribution in [3.05, 3.63) is 21.0 Å². The van der Waals surface area contributed by atoms with Crippen LogP contribution in [0.2, 0.25) is 0 Å². The molecule has 8 nitrogen and oxygen atoms in total. The number of nitrogens with two attached hydrogens (primary N) is 1. The van der Waals surface area contributed by atoms with Crippen LogP contribution in [0.5, 0.6) is 0 Å². The standard InChI is InChI=1S/C19H31IN6O2/c1-12(2)24-6-5-7-26-16(25-17(19(26)22)18(21)23-4)9-14-8-13(3)28-11-27-10-15(14)20/h8,12,17-18,22,24H,4-7,9-11,21H2,1-3H3/b13-8+,15-14-,22-19?. The van der Waals surface area contributed by atoms with Gasteiger partial charge in [-0.1, -0.05) is 13.8 Å². The van der Waals surface area contributed by atoms with E-state index in [9.17, 15) is 0 Å². The van der Waals surface area contributed by atoms with E-state index in [1.54, 1.807) is 0 Å². The highest BCUT2D eigenvalue weighted by Crippen LogP contribution is 2.26. The largest absolute Gasteiger partial charge is 0.472 e. The van der Waals surface area contributed by atoms with E-state index in [-0.39, 0.29) is 6.79 Å². The van der Waals surface area contributed by atoms with Crippen LogP contribution in [-0.4, -0.2) is 68.0 Å². The number of allylic oxidation sites excluding steroid dienone is 2. The summed E-state index contributed by atoms with van der Waals surface area (Å²) in [4.78, 5) is 10.6. The Morgan fingerprint density at radius 3 is 2.96 bits per heavy atom. The molecule has 9 heteroatoms. The van der Waals surface area contributed by atoms with Crippen LogP contribution in [0.15, 0.2) is 31.0 Å². The van der Waals surface area contributed by atoms with Crippen LogP contribution in [0.4, 0.5) is 0 Å². The smallest absolute Gasteiger partial charge is 0.188 e. The number of halogens is 1. The van der Waals surface area contributed by atoms with Gasteiger partial charge in [0.15, 0.2) is 6.79 Å². The first-order valence-corrected chi connectivity index (χ1v) is 10.5. The Morgan fingerprint density at radius 1 is 1.54 bits per heavy atom. The van der Waals surface area contributed by atoms with E-state index in [0.717, 1.165) is 33.7 Å². The summed E-state index contributed by atoms with van der Waals surface area (Å²) in [5, 5.41) is 12.0. The first kappa shape index (κ1) is 23.0. The molecule has 0 saturated heterocycles. The van der Waals surface area contributed by atoms with E-state index in [1.165, 1.54) is 0 Å². The fourth-order valence-electron chi connectivity index (χ4n) is 2.99. The first-order valence-electron chi connectivity index (χ1n) is 9.47. The van der Waals surface area contributed by atoms with Crippen molar-refractivity contribution in [2.45, 2.75) is 51.9 Å². The second-order valence-corrected chi connectivity index (χ2v) is 8.44. The zero-order chi connectivity index (χ0) is 20.7. The van der Waals surface area contributed by atoms with Crippen molar-refractivity contribution in [3.8, 4) is 0 Å². The van der Waals surface area contributed by atoms with Crippen LogP contribution in [0.1, 0.15) is 33.6 Å². The predicted octanol–water partition coefficient (Wildman–Crippen LogP) is 2.41. The zero-order valence-electron chi connectivity index (χ0n) is 16.9. The lowest BCUT2D eigenvalue weighted by Crippen LogP contribution is -2.42. The summed E-state index contributed by atoms with van der Waals surface area (Å²) in [6, 6.07) is -0.0537. The minimum atomic E-state index is -0.615. The number of nitrogens with one attached hydrogen (secondary N) is 2. The van der Waals surface area contributed by atoms with E-state index >= 15 is 0 Å². The molecule has 156 valence electrons. The molecule has 0 spiro atoms. The molecule has 2 heterocycles. The Hall–Kier alpha value is -1.30. The summed E-state index contributed by atoms with van der Waals surface area (Å²) >= 11 is 2.30. The number of hydrogen-bond donors (Lipinski definition) is 3. The van der Waals surface area contributed by atoms with Crippen molar-refractivity contribution < 1.29 is 9.47 Å². The quantitative estimate of drug-likeness (QED) is 0.255. The van der Waals surface area contributed by atoms with Crippen molar-refractivity contribution >= 4 is 41.0 Å². The summed E-state index contributed by atoms with van der Waals surface area (Å²) in [6.45, 7) is 12.0. The molecular formula is C19H31IN6O2. The second kappa shape index (κ2) is 11.0. The van der Waals surface area contributed by atoms with Crippen molar-refractivity contribution in [2.24, 2.45) is 15.7 Å². The summed E-state index contributed by atoms with van der Waals surface area (Å²) < 4.78 is 12.1. The van der Waals surface area contributed by atoms with Crippen molar-refractivity contribution in [2.75, 3.05) is 26.5 Å². The van der Waals surface area contributed by atoms with E-state index in [2.05, 4.69) is 53.5 Å². The highest BCUT2D eigenvalue weighted by atomic mass is 127. The Labute approximate surface area is 181 Å². The summed E-state index contributed by atoms with van der Waals surface area (Å²) in [6.07, 6.45) is 2.90. The molecule has 0 aromatic rings. The molecule has 28 heavy (non-hydrogen) atoms. The topological polar surface area (TPSA) is 108 Å². The van der Waals surface area contributed by atoms with Crippen LogP contribution in [-0.2, 0) is 9.47 Å². The number of ether oxygens (including phenoxy) is 2. The van der Waals surface area contributed by atoms with Crippen LogP contribution in [0, 0.1) is 5.41 Å². The molecule has 2 unspecified atom stereocenters.